The molecular formula is C12H15NO. The first-order valence-corrected chi connectivity index (χ1v) is 5.04. The fourth-order valence-corrected chi connectivity index (χ4v) is 1.68. The standard InChI is InChI=1S/C12H15NO/c1-9-3-2-4-10(5-9)6-12(14)11-7-13-8-11/h2-5,11,13H,6-8H2,1H3. The molecule has 0 unspecified atom stereocenters. The van der Waals surface area contributed by atoms with Crippen molar-refractivity contribution in [3.63, 3.8) is 0 Å². The Morgan fingerprint density at radius 1 is 1.50 bits per heavy atom. The van der Waals surface area contributed by atoms with Crippen LogP contribution in [0.3, 0.4) is 0 Å². The topological polar surface area (TPSA) is 29.1 Å². The van der Waals surface area contributed by atoms with Crippen molar-refractivity contribution in [1.82, 2.24) is 5.32 Å². The van der Waals surface area contributed by atoms with Gasteiger partial charge < -0.3 is 5.32 Å². The van der Waals surface area contributed by atoms with Gasteiger partial charge in [0.25, 0.3) is 0 Å². The number of hydrogen-bond donors (Lipinski definition) is 1. The second-order valence-electron chi connectivity index (χ2n) is 3.99. The van der Waals surface area contributed by atoms with Crippen LogP contribution in [-0.2, 0) is 11.2 Å². The molecular weight excluding hydrogens is 174 g/mol. The molecule has 0 bridgehead atoms. The van der Waals surface area contributed by atoms with Gasteiger partial charge in [0.1, 0.15) is 5.78 Å². The van der Waals surface area contributed by atoms with Crippen LogP contribution in [0.15, 0.2) is 24.3 Å². The first-order valence-electron chi connectivity index (χ1n) is 5.04. The molecule has 0 radical (unpaired) electrons. The molecule has 0 amide bonds. The fraction of sp³-hybridized carbons (Fsp3) is 0.417. The maximum Gasteiger partial charge on any atom is 0.142 e. The number of Topliss-reactive ketones (excluding diaryl/α,β-unsaturated/α-hetero) is 1. The summed E-state index contributed by atoms with van der Waals surface area (Å²) in [4.78, 5) is 11.7. The summed E-state index contributed by atoms with van der Waals surface area (Å²) in [5, 5.41) is 3.12. The summed E-state index contributed by atoms with van der Waals surface area (Å²) >= 11 is 0. The van der Waals surface area contributed by atoms with Gasteiger partial charge in [-0.15, -0.1) is 0 Å². The van der Waals surface area contributed by atoms with Crippen LogP contribution in [0.25, 0.3) is 0 Å². The minimum Gasteiger partial charge on any atom is -0.315 e. The van der Waals surface area contributed by atoms with E-state index < -0.39 is 0 Å². The molecule has 0 saturated carbocycles. The minimum atomic E-state index is 0.260. The molecule has 74 valence electrons. The Balaban J connectivity index is 1.99. The third-order valence-electron chi connectivity index (χ3n) is 2.70. The van der Waals surface area contributed by atoms with Crippen LogP contribution in [0.4, 0.5) is 0 Å². The zero-order valence-corrected chi connectivity index (χ0v) is 8.42. The summed E-state index contributed by atoms with van der Waals surface area (Å²) in [7, 11) is 0. The van der Waals surface area contributed by atoms with Crippen LogP contribution >= 0.6 is 0 Å². The van der Waals surface area contributed by atoms with Crippen molar-refractivity contribution in [2.75, 3.05) is 13.1 Å². The Morgan fingerprint density at radius 3 is 2.86 bits per heavy atom. The molecule has 1 aliphatic rings. The maximum atomic E-state index is 11.7. The number of aryl methyl sites for hydroxylation is 1. The summed E-state index contributed by atoms with van der Waals surface area (Å²) in [6, 6.07) is 8.18. The lowest BCUT2D eigenvalue weighted by molar-refractivity contribution is -0.123. The summed E-state index contributed by atoms with van der Waals surface area (Å²) in [6.07, 6.45) is 0.591. The molecule has 2 nitrogen and oxygen atoms in total. The third-order valence-corrected chi connectivity index (χ3v) is 2.70. The molecule has 0 atom stereocenters. The van der Waals surface area contributed by atoms with Gasteiger partial charge in [-0.25, -0.2) is 0 Å². The smallest absolute Gasteiger partial charge is 0.142 e. The number of hydrogen-bond acceptors (Lipinski definition) is 2. The van der Waals surface area contributed by atoms with Crippen LogP contribution in [-0.4, -0.2) is 18.9 Å². The molecule has 0 aliphatic carbocycles. The first-order chi connectivity index (χ1) is 6.75. The largest absolute Gasteiger partial charge is 0.315 e. The monoisotopic (exact) mass is 189 g/mol. The van der Waals surface area contributed by atoms with E-state index in [1.54, 1.807) is 0 Å². The lowest BCUT2D eigenvalue weighted by Gasteiger charge is -2.25. The molecule has 2 heteroatoms. The average molecular weight is 189 g/mol. The van der Waals surface area contributed by atoms with Crippen molar-refractivity contribution in [2.45, 2.75) is 13.3 Å². The number of rotatable bonds is 3. The zero-order valence-electron chi connectivity index (χ0n) is 8.42. The van der Waals surface area contributed by atoms with Gasteiger partial charge in [-0.1, -0.05) is 29.8 Å². The molecule has 1 heterocycles. The van der Waals surface area contributed by atoms with Crippen molar-refractivity contribution in [2.24, 2.45) is 5.92 Å². The zero-order chi connectivity index (χ0) is 9.97. The van der Waals surface area contributed by atoms with Crippen molar-refractivity contribution in [3.05, 3.63) is 35.4 Å². The predicted octanol–water partition coefficient (Wildman–Crippen LogP) is 1.33. The number of nitrogens with one attached hydrogen (secondary N) is 1. The van der Waals surface area contributed by atoms with E-state index in [0.29, 0.717) is 12.2 Å². The number of carbonyl (C=O) groups is 1. The van der Waals surface area contributed by atoms with E-state index in [-0.39, 0.29) is 5.92 Å². The van der Waals surface area contributed by atoms with Crippen molar-refractivity contribution >= 4 is 5.78 Å². The molecule has 0 spiro atoms. The molecule has 1 fully saturated rings. The Bertz CT molecular complexity index is 342. The van der Waals surface area contributed by atoms with E-state index in [9.17, 15) is 4.79 Å². The second-order valence-corrected chi connectivity index (χ2v) is 3.99. The SMILES string of the molecule is Cc1cccc(CC(=O)C2CNC2)c1. The summed E-state index contributed by atoms with van der Waals surface area (Å²) in [6.45, 7) is 3.79. The molecule has 1 saturated heterocycles. The van der Waals surface area contributed by atoms with E-state index in [2.05, 4.69) is 24.4 Å². The van der Waals surface area contributed by atoms with Gasteiger partial charge in [-0.3, -0.25) is 4.79 Å². The second kappa shape index (κ2) is 3.93. The van der Waals surface area contributed by atoms with Crippen LogP contribution in [0.2, 0.25) is 0 Å². The summed E-state index contributed by atoms with van der Waals surface area (Å²) < 4.78 is 0. The number of benzene rings is 1. The lowest BCUT2D eigenvalue weighted by atomic mass is 9.93. The Morgan fingerprint density at radius 2 is 2.29 bits per heavy atom. The fourth-order valence-electron chi connectivity index (χ4n) is 1.68. The predicted molar refractivity (Wildman–Crippen MR) is 56.2 cm³/mol. The molecule has 14 heavy (non-hydrogen) atoms. The van der Waals surface area contributed by atoms with Crippen molar-refractivity contribution in [3.8, 4) is 0 Å². The van der Waals surface area contributed by atoms with E-state index in [1.165, 1.54) is 5.56 Å². The average Bonchev–Trinajstić information content (AvgIpc) is 1.99. The van der Waals surface area contributed by atoms with Gasteiger partial charge in [-0.2, -0.15) is 0 Å². The third kappa shape index (κ3) is 2.02. The molecule has 1 aliphatic heterocycles. The van der Waals surface area contributed by atoms with E-state index in [1.807, 2.05) is 12.1 Å². The molecule has 1 aromatic carbocycles. The lowest BCUT2D eigenvalue weighted by Crippen LogP contribution is -2.47. The Kier molecular flexibility index (Phi) is 2.64. The molecule has 1 N–H and O–H groups in total. The van der Waals surface area contributed by atoms with Gasteiger partial charge in [0.05, 0.1) is 0 Å². The summed E-state index contributed by atoms with van der Waals surface area (Å²) in [5.41, 5.74) is 2.36. The highest BCUT2D eigenvalue weighted by Crippen LogP contribution is 2.11. The van der Waals surface area contributed by atoms with E-state index >= 15 is 0 Å². The van der Waals surface area contributed by atoms with Gasteiger partial charge >= 0.3 is 0 Å². The van der Waals surface area contributed by atoms with E-state index in [0.717, 1.165) is 18.7 Å². The van der Waals surface area contributed by atoms with Crippen molar-refractivity contribution in [1.29, 1.82) is 0 Å². The Labute approximate surface area is 84.3 Å². The normalized spacial score (nSPS) is 16.4. The van der Waals surface area contributed by atoms with Crippen LogP contribution < -0.4 is 5.32 Å². The molecule has 0 aromatic heterocycles. The maximum absolute atomic E-state index is 11.7. The minimum absolute atomic E-state index is 0.260. The van der Waals surface area contributed by atoms with Crippen LogP contribution in [0.5, 0.6) is 0 Å². The number of carbonyl (C=O) groups excluding carboxylic acids is 1. The van der Waals surface area contributed by atoms with Crippen molar-refractivity contribution < 1.29 is 4.79 Å². The van der Waals surface area contributed by atoms with Gasteiger partial charge in [0, 0.05) is 25.4 Å². The first kappa shape index (κ1) is 9.41. The molecule has 2 rings (SSSR count). The van der Waals surface area contributed by atoms with Gasteiger partial charge in [0.2, 0.25) is 0 Å². The highest BCUT2D eigenvalue weighted by molar-refractivity contribution is 5.84. The van der Waals surface area contributed by atoms with Gasteiger partial charge in [-0.05, 0) is 12.5 Å². The quantitative estimate of drug-likeness (QED) is 0.777. The van der Waals surface area contributed by atoms with Crippen LogP contribution in [0.1, 0.15) is 11.1 Å². The summed E-state index contributed by atoms with van der Waals surface area (Å²) in [5.74, 6) is 0.630. The highest BCUT2D eigenvalue weighted by atomic mass is 16.1. The van der Waals surface area contributed by atoms with Gasteiger partial charge in [0.15, 0.2) is 0 Å². The van der Waals surface area contributed by atoms with E-state index in [4.69, 9.17) is 0 Å². The number of ketones is 1. The molecule has 1 aromatic rings. The Hall–Kier alpha value is -1.15. The highest BCUT2D eigenvalue weighted by Gasteiger charge is 2.24. The van der Waals surface area contributed by atoms with Crippen LogP contribution in [0, 0.1) is 12.8 Å².